The number of benzene rings is 1. The fourth-order valence-corrected chi connectivity index (χ4v) is 2.17. The molecule has 1 saturated heterocycles. The third-order valence-corrected chi connectivity index (χ3v) is 3.99. The van der Waals surface area contributed by atoms with Crippen LogP contribution in [0.3, 0.4) is 0 Å². The zero-order valence-corrected chi connectivity index (χ0v) is 11.9. The Hall–Kier alpha value is -0.860. The first-order valence-electron chi connectivity index (χ1n) is 6.77. The zero-order chi connectivity index (χ0) is 13.2. The van der Waals surface area contributed by atoms with Gasteiger partial charge in [-0.05, 0) is 25.8 Å². The predicted octanol–water partition coefficient (Wildman–Crippen LogP) is 3.80. The van der Waals surface area contributed by atoms with Crippen LogP contribution in [0.25, 0.3) is 0 Å². The van der Waals surface area contributed by atoms with Crippen molar-refractivity contribution in [1.82, 2.24) is 0 Å². The highest BCUT2D eigenvalue weighted by molar-refractivity contribution is 5.14. The second kappa shape index (κ2) is 5.02. The van der Waals surface area contributed by atoms with Crippen LogP contribution in [0.15, 0.2) is 30.3 Å². The molecule has 0 N–H and O–H groups in total. The first-order valence-corrected chi connectivity index (χ1v) is 6.77. The molecule has 100 valence electrons. The zero-order valence-electron chi connectivity index (χ0n) is 11.9. The third kappa shape index (κ3) is 3.12. The molecule has 0 unspecified atom stereocenters. The average molecular weight is 248 g/mol. The van der Waals surface area contributed by atoms with Crippen molar-refractivity contribution in [2.45, 2.75) is 52.4 Å². The molecule has 1 fully saturated rings. The second-order valence-corrected chi connectivity index (χ2v) is 6.16. The number of hydrogen-bond acceptors (Lipinski definition) is 2. The summed E-state index contributed by atoms with van der Waals surface area (Å²) in [5.74, 6) is -0.440. The highest BCUT2D eigenvalue weighted by Gasteiger charge is 2.41. The van der Waals surface area contributed by atoms with Gasteiger partial charge in [0.25, 0.3) is 0 Å². The minimum atomic E-state index is -0.440. The minimum absolute atomic E-state index is 0.103. The highest BCUT2D eigenvalue weighted by Crippen LogP contribution is 2.36. The molecule has 1 aromatic rings. The van der Waals surface area contributed by atoms with E-state index in [9.17, 15) is 0 Å². The monoisotopic (exact) mass is 248 g/mol. The Bertz CT molecular complexity index is 385. The van der Waals surface area contributed by atoms with E-state index in [2.05, 4.69) is 52.0 Å². The van der Waals surface area contributed by atoms with Crippen LogP contribution in [0, 0.1) is 5.41 Å². The molecule has 0 amide bonds. The Morgan fingerprint density at radius 2 is 1.83 bits per heavy atom. The summed E-state index contributed by atoms with van der Waals surface area (Å²) >= 11 is 0. The van der Waals surface area contributed by atoms with E-state index >= 15 is 0 Å². The van der Waals surface area contributed by atoms with Gasteiger partial charge in [0.05, 0.1) is 12.7 Å². The highest BCUT2D eigenvalue weighted by atomic mass is 16.7. The smallest absolute Gasteiger partial charge is 0.166 e. The van der Waals surface area contributed by atoms with E-state index in [-0.39, 0.29) is 11.5 Å². The molecule has 0 aliphatic carbocycles. The Balaban J connectivity index is 1.93. The number of hydrogen-bond donors (Lipinski definition) is 0. The Morgan fingerprint density at radius 1 is 1.17 bits per heavy atom. The van der Waals surface area contributed by atoms with Crippen molar-refractivity contribution in [3.63, 3.8) is 0 Å². The van der Waals surface area contributed by atoms with Crippen molar-refractivity contribution in [3.05, 3.63) is 35.9 Å². The molecule has 1 heterocycles. The van der Waals surface area contributed by atoms with Gasteiger partial charge in [-0.25, -0.2) is 0 Å². The summed E-state index contributed by atoms with van der Waals surface area (Å²) in [5, 5.41) is 0. The molecule has 0 radical (unpaired) electrons. The van der Waals surface area contributed by atoms with E-state index in [0.29, 0.717) is 0 Å². The van der Waals surface area contributed by atoms with Crippen molar-refractivity contribution in [2.75, 3.05) is 6.61 Å². The Morgan fingerprint density at radius 3 is 2.44 bits per heavy atom. The van der Waals surface area contributed by atoms with Crippen LogP contribution < -0.4 is 0 Å². The lowest BCUT2D eigenvalue weighted by Gasteiger charge is -2.46. The summed E-state index contributed by atoms with van der Waals surface area (Å²) in [6, 6.07) is 10.5. The lowest BCUT2D eigenvalue weighted by atomic mass is 9.86. The second-order valence-electron chi connectivity index (χ2n) is 6.16. The quantitative estimate of drug-likeness (QED) is 0.810. The Labute approximate surface area is 110 Å². The van der Waals surface area contributed by atoms with Crippen molar-refractivity contribution < 1.29 is 9.47 Å². The van der Waals surface area contributed by atoms with E-state index < -0.39 is 5.79 Å². The van der Waals surface area contributed by atoms with E-state index in [4.69, 9.17) is 9.47 Å². The fraction of sp³-hybridized carbons (Fsp3) is 0.625. The van der Waals surface area contributed by atoms with E-state index in [1.54, 1.807) is 0 Å². The van der Waals surface area contributed by atoms with Gasteiger partial charge in [-0.3, -0.25) is 0 Å². The number of ether oxygens (including phenoxy) is 2. The van der Waals surface area contributed by atoms with Gasteiger partial charge in [-0.1, -0.05) is 44.2 Å². The van der Waals surface area contributed by atoms with Gasteiger partial charge in [0.1, 0.15) is 0 Å². The van der Waals surface area contributed by atoms with Crippen LogP contribution in [0.4, 0.5) is 0 Å². The van der Waals surface area contributed by atoms with Crippen LogP contribution in [0.2, 0.25) is 0 Å². The van der Waals surface area contributed by atoms with Gasteiger partial charge in [0.2, 0.25) is 0 Å². The normalized spacial score (nSPS) is 31.2. The molecule has 2 heteroatoms. The van der Waals surface area contributed by atoms with E-state index in [0.717, 1.165) is 19.4 Å². The topological polar surface area (TPSA) is 18.5 Å². The molecular weight excluding hydrogens is 224 g/mol. The summed E-state index contributed by atoms with van der Waals surface area (Å²) in [6.45, 7) is 9.34. The molecular formula is C16H24O2. The first kappa shape index (κ1) is 13.6. The van der Waals surface area contributed by atoms with Crippen LogP contribution in [0.5, 0.6) is 0 Å². The van der Waals surface area contributed by atoms with Crippen molar-refractivity contribution in [3.8, 4) is 0 Å². The van der Waals surface area contributed by atoms with Gasteiger partial charge in [-0.2, -0.15) is 0 Å². The number of aryl methyl sites for hydroxylation is 1. The third-order valence-electron chi connectivity index (χ3n) is 3.99. The summed E-state index contributed by atoms with van der Waals surface area (Å²) < 4.78 is 12.0. The summed E-state index contributed by atoms with van der Waals surface area (Å²) in [7, 11) is 0. The van der Waals surface area contributed by atoms with Crippen molar-refractivity contribution in [1.29, 1.82) is 0 Å². The largest absolute Gasteiger partial charge is 0.350 e. The van der Waals surface area contributed by atoms with Crippen molar-refractivity contribution in [2.24, 2.45) is 5.41 Å². The van der Waals surface area contributed by atoms with Gasteiger partial charge in [0.15, 0.2) is 5.79 Å². The maximum Gasteiger partial charge on any atom is 0.166 e. The molecule has 0 bridgehead atoms. The van der Waals surface area contributed by atoms with Crippen LogP contribution >= 0.6 is 0 Å². The molecule has 2 nitrogen and oxygen atoms in total. The molecule has 1 aliphatic rings. The molecule has 1 aromatic carbocycles. The van der Waals surface area contributed by atoms with Gasteiger partial charge in [0, 0.05) is 11.8 Å². The van der Waals surface area contributed by atoms with E-state index in [1.807, 2.05) is 6.07 Å². The van der Waals surface area contributed by atoms with Gasteiger partial charge < -0.3 is 9.47 Å². The molecule has 0 aromatic heterocycles. The molecule has 1 aliphatic heterocycles. The van der Waals surface area contributed by atoms with Crippen LogP contribution in [-0.4, -0.2) is 18.5 Å². The molecule has 2 rings (SSSR count). The summed E-state index contributed by atoms with van der Waals surface area (Å²) in [5.41, 5.74) is 1.44. The Kier molecular flexibility index (Phi) is 3.79. The van der Waals surface area contributed by atoms with Crippen LogP contribution in [-0.2, 0) is 15.9 Å². The minimum Gasteiger partial charge on any atom is -0.350 e. The lowest BCUT2D eigenvalue weighted by molar-refractivity contribution is -0.318. The van der Waals surface area contributed by atoms with Gasteiger partial charge in [-0.15, -0.1) is 0 Å². The average Bonchev–Trinajstić information content (AvgIpc) is 2.34. The molecule has 0 saturated carbocycles. The lowest BCUT2D eigenvalue weighted by Crippen LogP contribution is -2.50. The first-order chi connectivity index (χ1) is 8.41. The summed E-state index contributed by atoms with van der Waals surface area (Å²) in [6.07, 6.45) is 2.12. The maximum absolute atomic E-state index is 6.09. The predicted molar refractivity (Wildman–Crippen MR) is 73.4 cm³/mol. The van der Waals surface area contributed by atoms with Crippen LogP contribution in [0.1, 0.15) is 39.7 Å². The molecule has 2 atom stereocenters. The van der Waals surface area contributed by atoms with E-state index in [1.165, 1.54) is 5.56 Å². The standard InChI is InChI=1S/C16H24O2/c1-13-15(2,3)12-17-16(4,18-13)11-10-14-8-6-5-7-9-14/h5-9,13H,10-12H2,1-4H3/t13-,16-/m1/s1. The molecule has 0 spiro atoms. The SMILES string of the molecule is C[C@H]1O[C@](C)(CCc2ccccc2)OCC1(C)C. The summed E-state index contributed by atoms with van der Waals surface area (Å²) in [4.78, 5) is 0. The number of rotatable bonds is 3. The van der Waals surface area contributed by atoms with Gasteiger partial charge >= 0.3 is 0 Å². The van der Waals surface area contributed by atoms with Crippen molar-refractivity contribution >= 4 is 0 Å². The fourth-order valence-electron chi connectivity index (χ4n) is 2.17. The molecule has 18 heavy (non-hydrogen) atoms. The maximum atomic E-state index is 6.09.